The van der Waals surface area contributed by atoms with Crippen molar-refractivity contribution in [2.24, 2.45) is 0 Å². The van der Waals surface area contributed by atoms with Crippen molar-refractivity contribution in [3.8, 4) is 5.75 Å². The van der Waals surface area contributed by atoms with Crippen LogP contribution in [0.15, 0.2) is 136 Å². The fraction of sp³-hybridized carbons (Fsp3) is 0.433. The molecule has 0 radical (unpaired) electrons. The van der Waals surface area contributed by atoms with Crippen LogP contribution in [0.25, 0.3) is 12.2 Å². The minimum Gasteiger partial charge on any atom is -0.458 e. The van der Waals surface area contributed by atoms with E-state index in [4.69, 9.17) is 9.47 Å². The minimum absolute atomic E-state index is 0.112. The van der Waals surface area contributed by atoms with Gasteiger partial charge in [0, 0.05) is 12.2 Å². The van der Waals surface area contributed by atoms with Crippen molar-refractivity contribution >= 4 is 24.1 Å². The van der Waals surface area contributed by atoms with Crippen molar-refractivity contribution in [3.63, 3.8) is 0 Å². The van der Waals surface area contributed by atoms with Gasteiger partial charge in [-0.25, -0.2) is 9.59 Å². The van der Waals surface area contributed by atoms with Crippen molar-refractivity contribution in [2.75, 3.05) is 0 Å². The highest BCUT2D eigenvalue weighted by Gasteiger charge is 2.14. The number of esters is 2. The average molecular weight is 869 g/mol. The third-order valence-corrected chi connectivity index (χ3v) is 10.8. The second kappa shape index (κ2) is 33.3. The maximum absolute atomic E-state index is 10.9. The molecule has 0 saturated carbocycles. The summed E-state index contributed by atoms with van der Waals surface area (Å²) in [5, 5.41) is 0. The lowest BCUT2D eigenvalue weighted by Crippen LogP contribution is -2.11. The molecule has 348 valence electrons. The first kappa shape index (κ1) is 56.8. The number of ether oxygens (including phenoxy) is 2. The van der Waals surface area contributed by atoms with E-state index in [9.17, 15) is 9.59 Å². The highest BCUT2D eigenvalue weighted by molar-refractivity contribution is 5.83. The number of aryl methyl sites for hydroxylation is 2. The van der Waals surface area contributed by atoms with Gasteiger partial charge in [0.25, 0.3) is 0 Å². The number of hydrogen-bond donors (Lipinski definition) is 0. The summed E-state index contributed by atoms with van der Waals surface area (Å²) in [5.74, 6) is -0.272. The van der Waals surface area contributed by atoms with E-state index < -0.39 is 5.97 Å². The predicted molar refractivity (Wildman–Crippen MR) is 278 cm³/mol. The lowest BCUT2D eigenvalue weighted by molar-refractivity contribution is -0.139. The van der Waals surface area contributed by atoms with Gasteiger partial charge in [0.15, 0.2) is 0 Å². The minimum atomic E-state index is -0.432. The van der Waals surface area contributed by atoms with Crippen LogP contribution in [-0.4, -0.2) is 11.9 Å². The lowest BCUT2D eigenvalue weighted by Gasteiger charge is -2.19. The molecule has 0 aliphatic heterocycles. The van der Waals surface area contributed by atoms with E-state index in [1.165, 1.54) is 136 Å². The number of carbonyl (C=O) groups is 2. The summed E-state index contributed by atoms with van der Waals surface area (Å²) >= 11 is 0. The van der Waals surface area contributed by atoms with E-state index in [1.807, 2.05) is 36.4 Å². The molecule has 4 rings (SSSR count). The summed E-state index contributed by atoms with van der Waals surface area (Å²) in [6, 6.07) is 33.1. The van der Waals surface area contributed by atoms with Gasteiger partial charge in [-0.2, -0.15) is 0 Å². The normalized spacial score (nSPS) is 10.6. The highest BCUT2D eigenvalue weighted by Crippen LogP contribution is 2.25. The van der Waals surface area contributed by atoms with Gasteiger partial charge in [-0.05, 0) is 87.6 Å². The first-order valence-electron chi connectivity index (χ1n) is 23.9. The number of carbonyl (C=O) groups excluding carboxylic acids is 2. The molecule has 0 bridgehead atoms. The van der Waals surface area contributed by atoms with E-state index >= 15 is 0 Å². The average Bonchev–Trinajstić information content (AvgIpc) is 3.29. The molecule has 0 amide bonds. The molecule has 0 spiro atoms. The standard InChI is InChI=1S/C17H26.C16H24.C14H18O2.C13H16O2/c1-3-5-6-7-8-9-10-11-17-14-12-16(4-2)13-15-17;1-3-5-6-7-8-9-10-16-13-11-15(4-2)12-14-16;1-5-13(15)16-10-11-6-8-12(9-7-11)14(2,3)4;1-5-12(14)15-11-8-6-10(7-9-11)13(2,3)4/h4,12-15H,2-3,5-11H2,1H3;4,11-14H,2-3,5-10H2,1H3;5-9H,1,10H2,2-4H3;5-9H,1H2,2-4H3. The van der Waals surface area contributed by atoms with Gasteiger partial charge in [-0.1, -0.05) is 249 Å². The van der Waals surface area contributed by atoms with E-state index in [-0.39, 0.29) is 16.8 Å². The summed E-state index contributed by atoms with van der Waals surface area (Å²) in [6.45, 7) is 32.0. The van der Waals surface area contributed by atoms with Crippen LogP contribution in [0.2, 0.25) is 0 Å². The lowest BCUT2D eigenvalue weighted by atomic mass is 9.87. The molecule has 0 aromatic heterocycles. The van der Waals surface area contributed by atoms with Crippen LogP contribution >= 0.6 is 0 Å². The van der Waals surface area contributed by atoms with Crippen LogP contribution in [0.5, 0.6) is 5.75 Å². The Bertz CT molecular complexity index is 1870. The van der Waals surface area contributed by atoms with Gasteiger partial charge in [0.2, 0.25) is 0 Å². The Morgan fingerprint density at radius 2 is 0.797 bits per heavy atom. The first-order chi connectivity index (χ1) is 30.6. The smallest absolute Gasteiger partial charge is 0.335 e. The summed E-state index contributed by atoms with van der Waals surface area (Å²) < 4.78 is 9.92. The summed E-state index contributed by atoms with van der Waals surface area (Å²) in [4.78, 5) is 21.8. The van der Waals surface area contributed by atoms with E-state index in [1.54, 1.807) is 12.1 Å². The van der Waals surface area contributed by atoms with Crippen LogP contribution in [0, 0.1) is 0 Å². The quantitative estimate of drug-likeness (QED) is 0.0342. The zero-order valence-electron chi connectivity index (χ0n) is 41.3. The van der Waals surface area contributed by atoms with Crippen LogP contribution in [0.4, 0.5) is 0 Å². The van der Waals surface area contributed by atoms with Crippen LogP contribution in [0.1, 0.15) is 178 Å². The largest absolute Gasteiger partial charge is 0.458 e. The number of benzene rings is 4. The van der Waals surface area contributed by atoms with Gasteiger partial charge in [-0.3, -0.25) is 0 Å². The van der Waals surface area contributed by atoms with Gasteiger partial charge in [0.1, 0.15) is 12.4 Å². The predicted octanol–water partition coefficient (Wildman–Crippen LogP) is 17.1. The van der Waals surface area contributed by atoms with E-state index in [0.29, 0.717) is 12.4 Å². The summed E-state index contributed by atoms with van der Waals surface area (Å²) in [5.41, 5.74) is 9.08. The summed E-state index contributed by atoms with van der Waals surface area (Å²) in [6.07, 6.45) is 26.5. The zero-order chi connectivity index (χ0) is 47.6. The Morgan fingerprint density at radius 1 is 0.453 bits per heavy atom. The Labute approximate surface area is 391 Å². The molecule has 4 aromatic carbocycles. The topological polar surface area (TPSA) is 52.6 Å². The van der Waals surface area contributed by atoms with E-state index in [0.717, 1.165) is 11.6 Å². The zero-order valence-corrected chi connectivity index (χ0v) is 41.3. The Balaban J connectivity index is 0.000000427. The van der Waals surface area contributed by atoms with Gasteiger partial charge < -0.3 is 9.47 Å². The molecular formula is C60H84O4. The molecule has 64 heavy (non-hydrogen) atoms. The SMILES string of the molecule is C=CC(=O)OCc1ccc(C(C)(C)C)cc1.C=CC(=O)Oc1ccc(C(C)(C)C)cc1.C=Cc1ccc(CCCCCCCC)cc1.C=Cc1ccc(CCCCCCCCC)cc1. The number of hydrogen-bond acceptors (Lipinski definition) is 4. The van der Waals surface area contributed by atoms with Crippen molar-refractivity contribution in [1.82, 2.24) is 0 Å². The van der Waals surface area contributed by atoms with E-state index in [2.05, 4.69) is 142 Å². The van der Waals surface area contributed by atoms with Gasteiger partial charge >= 0.3 is 11.9 Å². The number of rotatable bonds is 22. The molecule has 0 fully saturated rings. The Kier molecular flexibility index (Phi) is 29.6. The molecule has 0 N–H and O–H groups in total. The molecule has 0 heterocycles. The molecule has 0 aliphatic carbocycles. The van der Waals surface area contributed by atoms with Gasteiger partial charge in [-0.15, -0.1) is 0 Å². The second-order valence-corrected chi connectivity index (χ2v) is 18.4. The molecule has 4 aromatic rings. The van der Waals surface area contributed by atoms with Crippen molar-refractivity contribution in [1.29, 1.82) is 0 Å². The third-order valence-electron chi connectivity index (χ3n) is 10.8. The van der Waals surface area contributed by atoms with Crippen LogP contribution < -0.4 is 4.74 Å². The molecule has 0 saturated heterocycles. The van der Waals surface area contributed by atoms with Crippen LogP contribution in [0.3, 0.4) is 0 Å². The Hall–Kier alpha value is -5.22. The molecule has 0 atom stereocenters. The van der Waals surface area contributed by atoms with Crippen molar-refractivity contribution in [2.45, 2.75) is 169 Å². The summed E-state index contributed by atoms with van der Waals surface area (Å²) in [7, 11) is 0. The molecule has 4 heteroatoms. The molecule has 4 nitrogen and oxygen atoms in total. The van der Waals surface area contributed by atoms with Crippen molar-refractivity contribution in [3.05, 3.63) is 174 Å². The second-order valence-electron chi connectivity index (χ2n) is 18.4. The third kappa shape index (κ3) is 27.1. The fourth-order valence-electron chi connectivity index (χ4n) is 6.53. The highest BCUT2D eigenvalue weighted by atomic mass is 16.5. The van der Waals surface area contributed by atoms with Crippen LogP contribution in [-0.2, 0) is 44.6 Å². The number of unbranched alkanes of at least 4 members (excludes halogenated alkanes) is 11. The fourth-order valence-corrected chi connectivity index (χ4v) is 6.53. The molecular weight excluding hydrogens is 785 g/mol. The maximum Gasteiger partial charge on any atom is 0.335 e. The monoisotopic (exact) mass is 869 g/mol. The Morgan fingerprint density at radius 3 is 1.14 bits per heavy atom. The maximum atomic E-state index is 10.9. The molecule has 0 aliphatic rings. The van der Waals surface area contributed by atoms with Gasteiger partial charge in [0.05, 0.1) is 0 Å². The molecule has 0 unspecified atom stereocenters. The first-order valence-corrected chi connectivity index (χ1v) is 23.9. The van der Waals surface area contributed by atoms with Crippen molar-refractivity contribution < 1.29 is 19.1 Å².